The van der Waals surface area contributed by atoms with Gasteiger partial charge in [-0.2, -0.15) is 0 Å². The molecule has 0 atom stereocenters. The van der Waals surface area contributed by atoms with Crippen LogP contribution in [0.4, 0.5) is 0 Å². The van der Waals surface area contributed by atoms with E-state index in [0.29, 0.717) is 10.8 Å². The van der Waals surface area contributed by atoms with E-state index in [2.05, 4.69) is 80.5 Å². The average Bonchev–Trinajstić information content (AvgIpc) is 2.31. The minimum atomic E-state index is 0.302. The van der Waals surface area contributed by atoms with E-state index in [1.54, 1.807) is 0 Å². The Morgan fingerprint density at radius 2 is 1.18 bits per heavy atom. The van der Waals surface area contributed by atoms with Crippen LogP contribution in [0.2, 0.25) is 0 Å². The summed E-state index contributed by atoms with van der Waals surface area (Å²) in [7, 11) is 0. The SMILES string of the molecule is C/C(=C\CC(C)(C)C)CC/C=C(\C)CC/C(C)=C/C(C)(C)C. The van der Waals surface area contributed by atoms with E-state index in [9.17, 15) is 0 Å². The summed E-state index contributed by atoms with van der Waals surface area (Å²) < 4.78 is 0. The highest BCUT2D eigenvalue weighted by molar-refractivity contribution is 5.09. The van der Waals surface area contributed by atoms with Crippen LogP contribution in [0, 0.1) is 10.8 Å². The van der Waals surface area contributed by atoms with E-state index < -0.39 is 0 Å². The van der Waals surface area contributed by atoms with Crippen LogP contribution in [0.3, 0.4) is 0 Å². The van der Waals surface area contributed by atoms with E-state index in [1.165, 1.54) is 48.8 Å². The molecule has 0 rings (SSSR count). The van der Waals surface area contributed by atoms with Crippen LogP contribution in [-0.4, -0.2) is 0 Å². The van der Waals surface area contributed by atoms with Gasteiger partial charge in [0.15, 0.2) is 0 Å². The fourth-order valence-electron chi connectivity index (χ4n) is 2.44. The second kappa shape index (κ2) is 9.38. The van der Waals surface area contributed by atoms with Gasteiger partial charge >= 0.3 is 0 Å². The van der Waals surface area contributed by atoms with Gasteiger partial charge in [-0.25, -0.2) is 0 Å². The molecule has 0 bridgehead atoms. The molecule has 0 aromatic rings. The third kappa shape index (κ3) is 14.2. The van der Waals surface area contributed by atoms with Crippen molar-refractivity contribution in [1.82, 2.24) is 0 Å². The second-order valence-corrected chi connectivity index (χ2v) is 9.26. The highest BCUT2D eigenvalue weighted by Gasteiger charge is 2.07. The van der Waals surface area contributed by atoms with E-state index in [4.69, 9.17) is 0 Å². The maximum Gasteiger partial charge on any atom is -0.0201 e. The molecule has 0 spiro atoms. The lowest BCUT2D eigenvalue weighted by molar-refractivity contribution is 0.419. The number of hydrogen-bond acceptors (Lipinski definition) is 0. The van der Waals surface area contributed by atoms with Crippen molar-refractivity contribution in [3.05, 3.63) is 34.9 Å². The highest BCUT2D eigenvalue weighted by Crippen LogP contribution is 2.22. The van der Waals surface area contributed by atoms with Crippen molar-refractivity contribution in [2.45, 2.75) is 94.4 Å². The molecule has 0 aliphatic carbocycles. The van der Waals surface area contributed by atoms with E-state index in [-0.39, 0.29) is 0 Å². The lowest BCUT2D eigenvalue weighted by Crippen LogP contribution is -2.02. The molecule has 0 saturated carbocycles. The van der Waals surface area contributed by atoms with Gasteiger partial charge < -0.3 is 0 Å². The third-order valence-corrected chi connectivity index (χ3v) is 3.69. The van der Waals surface area contributed by atoms with Gasteiger partial charge in [-0.3, -0.25) is 0 Å². The molecule has 0 saturated heterocycles. The molecule has 0 nitrogen and oxygen atoms in total. The molecule has 0 aromatic heterocycles. The van der Waals surface area contributed by atoms with Gasteiger partial charge in [0.1, 0.15) is 0 Å². The molecule has 0 N–H and O–H groups in total. The molecule has 0 aliphatic heterocycles. The summed E-state index contributed by atoms with van der Waals surface area (Å²) in [4.78, 5) is 0. The predicted octanol–water partition coefficient (Wildman–Crippen LogP) is 7.87. The smallest absolute Gasteiger partial charge is 0.0201 e. The number of rotatable bonds is 7. The Morgan fingerprint density at radius 3 is 1.68 bits per heavy atom. The summed E-state index contributed by atoms with van der Waals surface area (Å²) in [5.41, 5.74) is 5.29. The minimum absolute atomic E-state index is 0.302. The molecule has 0 fully saturated rings. The van der Waals surface area contributed by atoms with Crippen LogP contribution in [0.25, 0.3) is 0 Å². The summed E-state index contributed by atoms with van der Waals surface area (Å²) in [6.45, 7) is 20.5. The maximum atomic E-state index is 2.43. The average molecular weight is 305 g/mol. The van der Waals surface area contributed by atoms with E-state index >= 15 is 0 Å². The normalized spacial score (nSPS) is 15.4. The minimum Gasteiger partial charge on any atom is -0.0853 e. The Balaban J connectivity index is 4.17. The maximum absolute atomic E-state index is 2.43. The van der Waals surface area contributed by atoms with Crippen molar-refractivity contribution in [2.75, 3.05) is 0 Å². The van der Waals surface area contributed by atoms with Crippen LogP contribution in [0.5, 0.6) is 0 Å². The predicted molar refractivity (Wildman–Crippen MR) is 103 cm³/mol. The molecule has 0 heterocycles. The number of allylic oxidation sites excluding steroid dienone is 6. The van der Waals surface area contributed by atoms with E-state index in [0.717, 1.165) is 0 Å². The topological polar surface area (TPSA) is 0 Å². The second-order valence-electron chi connectivity index (χ2n) is 9.26. The quantitative estimate of drug-likeness (QED) is 0.420. The molecule has 0 amide bonds. The summed E-state index contributed by atoms with van der Waals surface area (Å²) in [5, 5.41) is 0. The van der Waals surface area contributed by atoms with Crippen LogP contribution in [0.15, 0.2) is 34.9 Å². The molecule has 0 radical (unpaired) electrons. The first kappa shape index (κ1) is 21.2. The fraction of sp³-hybridized carbons (Fsp3) is 0.727. The van der Waals surface area contributed by atoms with Crippen molar-refractivity contribution in [2.24, 2.45) is 10.8 Å². The monoisotopic (exact) mass is 304 g/mol. The molecule has 128 valence electrons. The molecular formula is C22H40. The van der Waals surface area contributed by atoms with Crippen LogP contribution in [-0.2, 0) is 0 Å². The third-order valence-electron chi connectivity index (χ3n) is 3.69. The summed E-state index contributed by atoms with van der Waals surface area (Å²) in [6, 6.07) is 0. The molecule has 0 aliphatic rings. The van der Waals surface area contributed by atoms with Crippen molar-refractivity contribution in [3.8, 4) is 0 Å². The fourth-order valence-corrected chi connectivity index (χ4v) is 2.44. The first-order chi connectivity index (χ1) is 9.89. The Morgan fingerprint density at radius 1 is 0.682 bits per heavy atom. The zero-order valence-electron chi connectivity index (χ0n) is 16.8. The van der Waals surface area contributed by atoms with Crippen LogP contribution >= 0.6 is 0 Å². The molecule has 0 unspecified atom stereocenters. The van der Waals surface area contributed by atoms with Crippen LogP contribution in [0.1, 0.15) is 94.4 Å². The summed E-state index contributed by atoms with van der Waals surface area (Å²) in [5.74, 6) is 0. The van der Waals surface area contributed by atoms with Gasteiger partial charge in [0.2, 0.25) is 0 Å². The zero-order valence-corrected chi connectivity index (χ0v) is 16.8. The first-order valence-corrected chi connectivity index (χ1v) is 8.89. The zero-order chi connectivity index (χ0) is 17.4. The number of hydrogen-bond donors (Lipinski definition) is 0. The molecule has 22 heavy (non-hydrogen) atoms. The van der Waals surface area contributed by atoms with E-state index in [1.807, 2.05) is 0 Å². The molecule has 0 heteroatoms. The van der Waals surface area contributed by atoms with Gasteiger partial charge in [0.25, 0.3) is 0 Å². The lowest BCUT2D eigenvalue weighted by atomic mass is 9.91. The molecule has 0 aromatic carbocycles. The van der Waals surface area contributed by atoms with Gasteiger partial charge in [-0.1, -0.05) is 76.5 Å². The van der Waals surface area contributed by atoms with Gasteiger partial charge in [-0.05, 0) is 63.7 Å². The Labute approximate surface area is 140 Å². The summed E-state index contributed by atoms with van der Waals surface area (Å²) >= 11 is 0. The van der Waals surface area contributed by atoms with Crippen molar-refractivity contribution in [1.29, 1.82) is 0 Å². The van der Waals surface area contributed by atoms with Gasteiger partial charge in [0, 0.05) is 0 Å². The Kier molecular flexibility index (Phi) is 9.05. The lowest BCUT2D eigenvalue weighted by Gasteiger charge is -2.15. The van der Waals surface area contributed by atoms with Crippen LogP contribution < -0.4 is 0 Å². The molecular weight excluding hydrogens is 264 g/mol. The van der Waals surface area contributed by atoms with Gasteiger partial charge in [0.05, 0.1) is 0 Å². The summed E-state index contributed by atoms with van der Waals surface area (Å²) in [6.07, 6.45) is 13.2. The first-order valence-electron chi connectivity index (χ1n) is 8.89. The standard InChI is InChI=1S/C22H40/c1-18(13-14-20(3)17-22(7,8)9)11-10-12-19(2)15-16-21(4,5)6/h11,15,17H,10,12-14,16H2,1-9H3/b18-11+,19-15+,20-17+. The van der Waals surface area contributed by atoms with Crippen molar-refractivity contribution < 1.29 is 0 Å². The highest BCUT2D eigenvalue weighted by atomic mass is 14.1. The van der Waals surface area contributed by atoms with Crippen molar-refractivity contribution >= 4 is 0 Å². The largest absolute Gasteiger partial charge is 0.0853 e. The van der Waals surface area contributed by atoms with Crippen molar-refractivity contribution in [3.63, 3.8) is 0 Å². The van der Waals surface area contributed by atoms with Gasteiger partial charge in [-0.15, -0.1) is 0 Å². The Hall–Kier alpha value is -0.780. The Bertz CT molecular complexity index is 402.